The Morgan fingerprint density at radius 2 is 2.00 bits per heavy atom. The topological polar surface area (TPSA) is 89.9 Å². The number of nitrogens with one attached hydrogen (secondary N) is 1. The minimum Gasteiger partial charge on any atom is -0.466 e. The molecule has 0 saturated heterocycles. The summed E-state index contributed by atoms with van der Waals surface area (Å²) in [6.07, 6.45) is 4.56. The van der Waals surface area contributed by atoms with Gasteiger partial charge in [0.15, 0.2) is 12.4 Å². The van der Waals surface area contributed by atoms with E-state index in [9.17, 15) is 4.79 Å². The maximum absolute atomic E-state index is 12.4. The second-order valence-corrected chi connectivity index (χ2v) is 4.44. The smallest absolute Gasteiger partial charge is 0.282 e. The van der Waals surface area contributed by atoms with E-state index in [1.807, 2.05) is 0 Å². The van der Waals surface area contributed by atoms with Crippen LogP contribution in [-0.2, 0) is 16.2 Å². The van der Waals surface area contributed by atoms with Crippen LogP contribution in [0, 0.1) is 0 Å². The summed E-state index contributed by atoms with van der Waals surface area (Å²) in [7, 11) is 0. The first-order valence-corrected chi connectivity index (χ1v) is 6.81. The summed E-state index contributed by atoms with van der Waals surface area (Å²) >= 11 is 0. The van der Waals surface area contributed by atoms with Crippen LogP contribution < -0.4 is 5.32 Å². The van der Waals surface area contributed by atoms with Crippen molar-refractivity contribution in [3.05, 3.63) is 72.7 Å². The molecule has 0 aliphatic carbocycles. The van der Waals surface area contributed by atoms with Gasteiger partial charge in [-0.05, 0) is 36.4 Å². The fourth-order valence-electron chi connectivity index (χ4n) is 1.78. The third kappa shape index (κ3) is 3.85. The Morgan fingerprint density at radius 1 is 1.13 bits per heavy atom. The molecule has 0 atom stereocenters. The van der Waals surface area contributed by atoms with Gasteiger partial charge in [-0.3, -0.25) is 4.79 Å². The van der Waals surface area contributed by atoms with Crippen molar-refractivity contribution in [2.45, 2.75) is 6.61 Å². The number of furan rings is 2. The molecule has 116 valence electrons. The lowest BCUT2D eigenvalue weighted by atomic mass is 10.2. The molecule has 0 bridgehead atoms. The number of oxime groups is 1. The Labute approximate surface area is 131 Å². The normalized spacial score (nSPS) is 11.2. The number of hydrogen-bond donors (Lipinski definition) is 1. The Balaban J connectivity index is 1.74. The average molecular weight is 311 g/mol. The van der Waals surface area contributed by atoms with Crippen molar-refractivity contribution in [3.63, 3.8) is 0 Å². The summed E-state index contributed by atoms with van der Waals surface area (Å²) in [5, 5.41) is 6.49. The summed E-state index contributed by atoms with van der Waals surface area (Å²) in [6.45, 7) is 0.105. The molecule has 3 rings (SSSR count). The van der Waals surface area contributed by atoms with Gasteiger partial charge in [-0.1, -0.05) is 11.2 Å². The minimum atomic E-state index is -0.488. The Hall–Kier alpha value is -3.35. The molecule has 3 heterocycles. The molecule has 0 aromatic carbocycles. The van der Waals surface area contributed by atoms with E-state index in [1.165, 1.54) is 12.5 Å². The number of carbonyl (C=O) groups is 1. The summed E-state index contributed by atoms with van der Waals surface area (Å²) < 4.78 is 10.4. The third-order valence-electron chi connectivity index (χ3n) is 2.82. The van der Waals surface area contributed by atoms with Crippen LogP contribution in [-0.4, -0.2) is 16.6 Å². The van der Waals surface area contributed by atoms with Gasteiger partial charge in [0.2, 0.25) is 5.71 Å². The Bertz CT molecular complexity index is 765. The molecule has 7 nitrogen and oxygen atoms in total. The first kappa shape index (κ1) is 14.6. The number of pyridine rings is 1. The average Bonchev–Trinajstić information content (AvgIpc) is 3.26. The summed E-state index contributed by atoms with van der Waals surface area (Å²) in [5.74, 6) is 0.802. The molecule has 3 aromatic heterocycles. The van der Waals surface area contributed by atoms with E-state index in [4.69, 9.17) is 13.7 Å². The van der Waals surface area contributed by atoms with Crippen molar-refractivity contribution in [1.82, 2.24) is 4.98 Å². The Morgan fingerprint density at radius 3 is 2.70 bits per heavy atom. The van der Waals surface area contributed by atoms with Gasteiger partial charge in [-0.15, -0.1) is 0 Å². The number of nitrogens with zero attached hydrogens (tertiary/aromatic N) is 2. The highest BCUT2D eigenvalue weighted by Gasteiger charge is 2.18. The van der Waals surface area contributed by atoms with E-state index in [0.717, 1.165) is 0 Å². The summed E-state index contributed by atoms with van der Waals surface area (Å²) in [4.78, 5) is 21.6. The van der Waals surface area contributed by atoms with Crippen LogP contribution in [0.2, 0.25) is 0 Å². The molecule has 0 fully saturated rings. The second kappa shape index (κ2) is 7.08. The zero-order valence-electron chi connectivity index (χ0n) is 12.0. The highest BCUT2D eigenvalue weighted by Crippen LogP contribution is 2.08. The maximum atomic E-state index is 12.4. The molecule has 0 radical (unpaired) electrons. The van der Waals surface area contributed by atoms with Crippen LogP contribution >= 0.6 is 0 Å². The zero-order chi connectivity index (χ0) is 15.9. The van der Waals surface area contributed by atoms with Crippen LogP contribution in [0.25, 0.3) is 0 Å². The van der Waals surface area contributed by atoms with E-state index in [-0.39, 0.29) is 18.1 Å². The molecule has 3 aromatic rings. The molecule has 0 saturated carbocycles. The molecule has 23 heavy (non-hydrogen) atoms. The van der Waals surface area contributed by atoms with Crippen molar-refractivity contribution in [2.24, 2.45) is 5.16 Å². The fraction of sp³-hybridized carbons (Fsp3) is 0.0625. The minimum absolute atomic E-state index is 0.00668. The first-order chi connectivity index (χ1) is 11.3. The largest absolute Gasteiger partial charge is 0.466 e. The van der Waals surface area contributed by atoms with E-state index < -0.39 is 5.91 Å². The second-order valence-electron chi connectivity index (χ2n) is 4.44. The predicted molar refractivity (Wildman–Crippen MR) is 81.6 cm³/mol. The Kier molecular flexibility index (Phi) is 4.49. The van der Waals surface area contributed by atoms with Gasteiger partial charge >= 0.3 is 0 Å². The quantitative estimate of drug-likeness (QED) is 0.558. The van der Waals surface area contributed by atoms with Crippen LogP contribution in [0.3, 0.4) is 0 Å². The van der Waals surface area contributed by atoms with Crippen molar-refractivity contribution in [2.75, 3.05) is 5.32 Å². The van der Waals surface area contributed by atoms with E-state index in [2.05, 4.69) is 15.5 Å². The molecule has 0 aliphatic rings. The zero-order valence-corrected chi connectivity index (χ0v) is 12.0. The standard InChI is InChI=1S/C16H13N3O4/c20-16(18-14-7-1-2-8-17-14)15(13-6-4-10-22-13)19-23-11-12-5-3-9-21-12/h1-10H,11H2,(H,17,18,20). The van der Waals surface area contributed by atoms with E-state index >= 15 is 0 Å². The van der Waals surface area contributed by atoms with E-state index in [1.54, 1.807) is 48.7 Å². The number of hydrogen-bond acceptors (Lipinski definition) is 6. The van der Waals surface area contributed by atoms with Crippen LogP contribution in [0.5, 0.6) is 0 Å². The van der Waals surface area contributed by atoms with Crippen LogP contribution in [0.15, 0.2) is 75.2 Å². The molecular formula is C16H13N3O4. The SMILES string of the molecule is O=C(Nc1ccccn1)C(=NOCc1ccco1)c1ccco1. The van der Waals surface area contributed by atoms with Gasteiger partial charge in [0.1, 0.15) is 11.6 Å². The lowest BCUT2D eigenvalue weighted by Gasteiger charge is -2.05. The monoisotopic (exact) mass is 311 g/mol. The number of aromatic nitrogens is 1. The number of carbonyl (C=O) groups excluding carboxylic acids is 1. The van der Waals surface area contributed by atoms with E-state index in [0.29, 0.717) is 11.6 Å². The van der Waals surface area contributed by atoms with Gasteiger partial charge in [-0.25, -0.2) is 4.98 Å². The summed E-state index contributed by atoms with van der Waals surface area (Å²) in [5.41, 5.74) is 0.00668. The molecule has 1 amide bonds. The highest BCUT2D eigenvalue weighted by molar-refractivity contribution is 6.48. The molecule has 0 spiro atoms. The van der Waals surface area contributed by atoms with Crippen molar-refractivity contribution in [3.8, 4) is 0 Å². The lowest BCUT2D eigenvalue weighted by molar-refractivity contribution is -0.110. The van der Waals surface area contributed by atoms with Gasteiger partial charge in [0.25, 0.3) is 5.91 Å². The maximum Gasteiger partial charge on any atom is 0.282 e. The van der Waals surface area contributed by atoms with Crippen molar-refractivity contribution in [1.29, 1.82) is 0 Å². The molecule has 7 heteroatoms. The molecular weight excluding hydrogens is 298 g/mol. The number of rotatable bonds is 6. The lowest BCUT2D eigenvalue weighted by Crippen LogP contribution is -2.24. The van der Waals surface area contributed by atoms with Gasteiger partial charge in [0.05, 0.1) is 12.5 Å². The highest BCUT2D eigenvalue weighted by atomic mass is 16.6. The fourth-order valence-corrected chi connectivity index (χ4v) is 1.78. The predicted octanol–water partition coefficient (Wildman–Crippen LogP) is 2.83. The number of anilines is 1. The third-order valence-corrected chi connectivity index (χ3v) is 2.82. The van der Waals surface area contributed by atoms with Crippen molar-refractivity contribution < 1.29 is 18.5 Å². The molecule has 1 N–H and O–H groups in total. The first-order valence-electron chi connectivity index (χ1n) is 6.81. The van der Waals surface area contributed by atoms with Crippen LogP contribution in [0.1, 0.15) is 11.5 Å². The van der Waals surface area contributed by atoms with Gasteiger partial charge in [0, 0.05) is 6.20 Å². The number of amides is 1. The summed E-state index contributed by atoms with van der Waals surface area (Å²) in [6, 6.07) is 11.9. The van der Waals surface area contributed by atoms with Gasteiger partial charge < -0.3 is 19.0 Å². The van der Waals surface area contributed by atoms with Crippen molar-refractivity contribution >= 4 is 17.4 Å². The molecule has 0 aliphatic heterocycles. The molecule has 0 unspecified atom stereocenters. The van der Waals surface area contributed by atoms with Gasteiger partial charge in [-0.2, -0.15) is 0 Å². The van der Waals surface area contributed by atoms with Crippen LogP contribution in [0.4, 0.5) is 5.82 Å².